The van der Waals surface area contributed by atoms with Gasteiger partial charge in [-0.2, -0.15) is 0 Å². The third-order valence-electron chi connectivity index (χ3n) is 5.14. The molecule has 0 saturated heterocycles. The summed E-state index contributed by atoms with van der Waals surface area (Å²) in [6.07, 6.45) is 0. The zero-order chi connectivity index (χ0) is 17.0. The van der Waals surface area contributed by atoms with E-state index in [-0.39, 0.29) is 5.78 Å². The third kappa shape index (κ3) is 1.96. The minimum absolute atomic E-state index is 0.0806. The smallest absolute Gasteiger partial charge is 0.196 e. The summed E-state index contributed by atoms with van der Waals surface area (Å²) in [7, 11) is 0. The molecule has 0 bridgehead atoms. The molecule has 3 heteroatoms. The van der Waals surface area contributed by atoms with Gasteiger partial charge >= 0.3 is 0 Å². The van der Waals surface area contributed by atoms with Crippen molar-refractivity contribution >= 4 is 27.5 Å². The molecule has 1 aliphatic heterocycles. The van der Waals surface area contributed by atoms with E-state index in [1.165, 1.54) is 0 Å². The number of ether oxygens (including phenoxy) is 1. The van der Waals surface area contributed by atoms with Crippen LogP contribution in [0.1, 0.15) is 21.6 Å². The topological polar surface area (TPSA) is 31.2 Å². The Labute approximate surface area is 145 Å². The van der Waals surface area contributed by atoms with Gasteiger partial charge in [-0.05, 0) is 23.8 Å². The molecule has 1 aliphatic rings. The van der Waals surface area contributed by atoms with E-state index in [0.717, 1.165) is 50.8 Å². The highest BCUT2D eigenvalue weighted by Gasteiger charge is 2.25. The highest BCUT2D eigenvalue weighted by atomic mass is 16.5. The third-order valence-corrected chi connectivity index (χ3v) is 5.14. The first-order chi connectivity index (χ1) is 12.3. The Morgan fingerprint density at radius 1 is 0.960 bits per heavy atom. The maximum Gasteiger partial charge on any atom is 0.196 e. The summed E-state index contributed by atoms with van der Waals surface area (Å²) in [4.78, 5) is 13.5. The highest BCUT2D eigenvalue weighted by Crippen LogP contribution is 2.36. The van der Waals surface area contributed by atoms with Gasteiger partial charge in [0.25, 0.3) is 0 Å². The number of rotatable bonds is 2. The number of hydrogen-bond acceptors (Lipinski definition) is 2. The summed E-state index contributed by atoms with van der Waals surface area (Å²) >= 11 is 0. The Hall–Kier alpha value is -3.07. The molecule has 1 aromatic heterocycles. The van der Waals surface area contributed by atoms with Crippen molar-refractivity contribution in [2.75, 3.05) is 6.61 Å². The molecule has 0 unspecified atom stereocenters. The summed E-state index contributed by atoms with van der Waals surface area (Å²) in [5.41, 5.74) is 3.60. The molecule has 2 heterocycles. The number of carbonyl (C=O) groups excluding carboxylic acids is 1. The van der Waals surface area contributed by atoms with Crippen LogP contribution in [0.2, 0.25) is 0 Å². The van der Waals surface area contributed by atoms with Gasteiger partial charge in [-0.25, -0.2) is 0 Å². The fourth-order valence-electron chi connectivity index (χ4n) is 3.99. The summed E-state index contributed by atoms with van der Waals surface area (Å²) in [5, 5.41) is 3.06. The van der Waals surface area contributed by atoms with Crippen LogP contribution in [0.5, 0.6) is 5.75 Å². The van der Waals surface area contributed by atoms with E-state index < -0.39 is 0 Å². The molecule has 0 spiro atoms. The molecule has 5 rings (SSSR count). The predicted molar refractivity (Wildman–Crippen MR) is 99.6 cm³/mol. The minimum Gasteiger partial charge on any atom is -0.490 e. The predicted octanol–water partition coefficient (Wildman–Crippen LogP) is 4.73. The SMILES string of the molecule is Cc1c(C(=O)c2cccc3ccccc23)c2cccc3c2n1CCO3. The second-order valence-corrected chi connectivity index (χ2v) is 6.47. The Morgan fingerprint density at radius 3 is 2.64 bits per heavy atom. The molecule has 0 atom stereocenters. The van der Waals surface area contributed by atoms with Gasteiger partial charge in [0.2, 0.25) is 0 Å². The largest absolute Gasteiger partial charge is 0.490 e. The van der Waals surface area contributed by atoms with Crippen LogP contribution in [0.15, 0.2) is 60.7 Å². The van der Waals surface area contributed by atoms with Crippen LogP contribution in [-0.2, 0) is 6.54 Å². The van der Waals surface area contributed by atoms with Gasteiger partial charge in [0, 0.05) is 16.6 Å². The fourth-order valence-corrected chi connectivity index (χ4v) is 3.99. The molecule has 0 radical (unpaired) electrons. The van der Waals surface area contributed by atoms with E-state index in [1.54, 1.807) is 0 Å². The second-order valence-electron chi connectivity index (χ2n) is 6.47. The van der Waals surface area contributed by atoms with Crippen molar-refractivity contribution in [3.63, 3.8) is 0 Å². The highest BCUT2D eigenvalue weighted by molar-refractivity contribution is 6.22. The van der Waals surface area contributed by atoms with Crippen LogP contribution < -0.4 is 4.74 Å². The summed E-state index contributed by atoms with van der Waals surface area (Å²) in [6.45, 7) is 3.46. The van der Waals surface area contributed by atoms with E-state index in [4.69, 9.17) is 4.74 Å². The molecule has 0 saturated carbocycles. The van der Waals surface area contributed by atoms with Gasteiger partial charge in [-0.1, -0.05) is 54.6 Å². The van der Waals surface area contributed by atoms with Crippen LogP contribution in [-0.4, -0.2) is 17.0 Å². The Kier molecular flexibility index (Phi) is 2.98. The second kappa shape index (κ2) is 5.21. The molecule has 0 N–H and O–H groups in total. The zero-order valence-corrected chi connectivity index (χ0v) is 14.0. The monoisotopic (exact) mass is 327 g/mol. The van der Waals surface area contributed by atoms with Gasteiger partial charge in [0.15, 0.2) is 5.78 Å². The first kappa shape index (κ1) is 14.3. The number of benzene rings is 3. The van der Waals surface area contributed by atoms with E-state index in [9.17, 15) is 4.79 Å². The molecule has 3 aromatic carbocycles. The maximum absolute atomic E-state index is 13.5. The fraction of sp³-hybridized carbons (Fsp3) is 0.136. The molecular formula is C22H17NO2. The molecule has 0 amide bonds. The first-order valence-corrected chi connectivity index (χ1v) is 8.53. The minimum atomic E-state index is 0.0806. The quantitative estimate of drug-likeness (QED) is 0.499. The summed E-state index contributed by atoms with van der Waals surface area (Å²) in [6, 6.07) is 19.9. The van der Waals surface area contributed by atoms with Crippen LogP contribution in [0.4, 0.5) is 0 Å². The van der Waals surface area contributed by atoms with E-state index in [0.29, 0.717) is 6.61 Å². The van der Waals surface area contributed by atoms with Gasteiger partial charge in [0.1, 0.15) is 12.4 Å². The van der Waals surface area contributed by atoms with Gasteiger partial charge in [-0.3, -0.25) is 4.79 Å². The van der Waals surface area contributed by atoms with Gasteiger partial charge in [-0.15, -0.1) is 0 Å². The number of fused-ring (bicyclic) bond motifs is 1. The number of carbonyl (C=O) groups is 1. The number of aromatic nitrogens is 1. The van der Waals surface area contributed by atoms with E-state index >= 15 is 0 Å². The number of para-hydroxylation sites is 1. The molecule has 3 nitrogen and oxygen atoms in total. The van der Waals surface area contributed by atoms with Crippen molar-refractivity contribution in [2.45, 2.75) is 13.5 Å². The molecule has 4 aromatic rings. The average molecular weight is 327 g/mol. The molecular weight excluding hydrogens is 310 g/mol. The molecule has 122 valence electrons. The average Bonchev–Trinajstić information content (AvgIpc) is 2.95. The number of ketones is 1. The molecule has 25 heavy (non-hydrogen) atoms. The van der Waals surface area contributed by atoms with Crippen molar-refractivity contribution in [1.29, 1.82) is 0 Å². The number of hydrogen-bond donors (Lipinski definition) is 0. The maximum atomic E-state index is 13.5. The number of nitrogens with zero attached hydrogens (tertiary/aromatic N) is 1. The van der Waals surface area contributed by atoms with Crippen LogP contribution in [0, 0.1) is 6.92 Å². The lowest BCUT2D eigenvalue weighted by Gasteiger charge is -2.17. The van der Waals surface area contributed by atoms with Crippen molar-refractivity contribution in [3.8, 4) is 5.75 Å². The Bertz CT molecular complexity index is 1150. The Morgan fingerprint density at radius 2 is 1.72 bits per heavy atom. The van der Waals surface area contributed by atoms with Gasteiger partial charge in [0.05, 0.1) is 17.6 Å². The van der Waals surface area contributed by atoms with Crippen molar-refractivity contribution < 1.29 is 9.53 Å². The summed E-state index contributed by atoms with van der Waals surface area (Å²) in [5.74, 6) is 0.945. The zero-order valence-electron chi connectivity index (χ0n) is 14.0. The molecule has 0 aliphatic carbocycles. The Balaban J connectivity index is 1.81. The van der Waals surface area contributed by atoms with E-state index in [2.05, 4.69) is 4.57 Å². The van der Waals surface area contributed by atoms with Gasteiger partial charge < -0.3 is 9.30 Å². The van der Waals surface area contributed by atoms with Crippen molar-refractivity contribution in [2.24, 2.45) is 0 Å². The lowest BCUT2D eigenvalue weighted by Crippen LogP contribution is -2.15. The van der Waals surface area contributed by atoms with E-state index in [1.807, 2.05) is 67.6 Å². The molecule has 0 fully saturated rings. The lowest BCUT2D eigenvalue weighted by atomic mass is 9.95. The van der Waals surface area contributed by atoms with Crippen molar-refractivity contribution in [1.82, 2.24) is 4.57 Å². The standard InChI is InChI=1S/C22H17NO2/c1-14-20(18-10-5-11-19-21(18)23(14)12-13-25-19)22(24)17-9-4-7-15-6-2-3-8-16(15)17/h2-11H,12-13H2,1H3. The first-order valence-electron chi connectivity index (χ1n) is 8.53. The van der Waals surface area contributed by atoms with Crippen LogP contribution in [0.25, 0.3) is 21.7 Å². The van der Waals surface area contributed by atoms with Crippen LogP contribution in [0.3, 0.4) is 0 Å². The normalized spacial score (nSPS) is 13.2. The van der Waals surface area contributed by atoms with Crippen molar-refractivity contribution in [3.05, 3.63) is 77.5 Å². The lowest BCUT2D eigenvalue weighted by molar-refractivity contribution is 0.104. The van der Waals surface area contributed by atoms with Crippen LogP contribution >= 0.6 is 0 Å². The summed E-state index contributed by atoms with van der Waals surface area (Å²) < 4.78 is 8.00.